The number of carboxylic acids is 2. The van der Waals surface area contributed by atoms with Crippen molar-refractivity contribution in [3.8, 4) is 0 Å². The van der Waals surface area contributed by atoms with E-state index in [-0.39, 0.29) is 11.8 Å². The minimum absolute atomic E-state index is 0.0975. The van der Waals surface area contributed by atoms with Crippen molar-refractivity contribution in [1.82, 2.24) is 10.6 Å². The van der Waals surface area contributed by atoms with Gasteiger partial charge in [0.05, 0.1) is 0 Å². The molecule has 1 aliphatic rings. The molecule has 0 aromatic heterocycles. The second-order valence-corrected chi connectivity index (χ2v) is 12.0. The molecule has 0 radical (unpaired) electrons. The molecule has 8 heteroatoms. The standard InChI is InChI=1S/C32H60N2O6/c1-2-28(32(39)40)34-31(38)27-23-21-26(22-24-27)25-33-29(35)19-17-15-13-11-9-7-5-3-4-6-8-10-12-14-16-18-20-30(36)37/h26-29,33,35H,2-25H2,1H3,(H,34,38)(H,36,37)(H,39,40)/t26-,27-,28?,29?. The summed E-state index contributed by atoms with van der Waals surface area (Å²) >= 11 is 0. The molecule has 0 aromatic carbocycles. The average molecular weight is 569 g/mol. The predicted octanol–water partition coefficient (Wildman–Crippen LogP) is 6.79. The highest BCUT2D eigenvalue weighted by molar-refractivity contribution is 5.84. The number of hydrogen-bond acceptors (Lipinski definition) is 5. The summed E-state index contributed by atoms with van der Waals surface area (Å²) < 4.78 is 0. The molecule has 1 amide bonds. The van der Waals surface area contributed by atoms with Crippen LogP contribution in [0.1, 0.15) is 155 Å². The van der Waals surface area contributed by atoms with E-state index in [1.54, 1.807) is 6.92 Å². The first kappa shape index (κ1) is 36.4. The van der Waals surface area contributed by atoms with E-state index >= 15 is 0 Å². The van der Waals surface area contributed by atoms with Gasteiger partial charge in [-0.15, -0.1) is 0 Å². The zero-order chi connectivity index (χ0) is 29.4. The van der Waals surface area contributed by atoms with Crippen molar-refractivity contribution in [2.45, 2.75) is 167 Å². The number of unbranched alkanes of at least 4 members (excludes halogenated alkanes) is 15. The number of carboxylic acid groups (broad SMARTS) is 2. The van der Waals surface area contributed by atoms with Gasteiger partial charge in [-0.2, -0.15) is 0 Å². The molecule has 0 aromatic rings. The van der Waals surface area contributed by atoms with Crippen molar-refractivity contribution >= 4 is 17.8 Å². The number of rotatable bonds is 26. The van der Waals surface area contributed by atoms with Crippen molar-refractivity contribution in [2.24, 2.45) is 11.8 Å². The number of nitrogens with one attached hydrogen (secondary N) is 2. The van der Waals surface area contributed by atoms with Crippen molar-refractivity contribution in [3.05, 3.63) is 0 Å². The van der Waals surface area contributed by atoms with Gasteiger partial charge in [-0.3, -0.25) is 14.9 Å². The van der Waals surface area contributed by atoms with Gasteiger partial charge in [-0.1, -0.05) is 96.8 Å². The van der Waals surface area contributed by atoms with E-state index in [4.69, 9.17) is 10.2 Å². The minimum Gasteiger partial charge on any atom is -0.481 e. The van der Waals surface area contributed by atoms with Gasteiger partial charge in [0.25, 0.3) is 0 Å². The second kappa shape index (κ2) is 24.0. The molecule has 1 saturated carbocycles. The molecule has 234 valence electrons. The first-order chi connectivity index (χ1) is 19.3. The Labute approximate surface area is 243 Å². The topological polar surface area (TPSA) is 136 Å². The number of amides is 1. The maximum atomic E-state index is 12.4. The molecule has 2 atom stereocenters. The van der Waals surface area contributed by atoms with Crippen molar-refractivity contribution < 1.29 is 29.7 Å². The Morgan fingerprint density at radius 3 is 1.57 bits per heavy atom. The summed E-state index contributed by atoms with van der Waals surface area (Å²) in [5, 5.41) is 34.0. The fraction of sp³-hybridized carbons (Fsp3) is 0.906. The van der Waals surface area contributed by atoms with Gasteiger partial charge in [0.2, 0.25) is 5.91 Å². The van der Waals surface area contributed by atoms with Gasteiger partial charge in [-0.05, 0) is 57.3 Å². The fourth-order valence-electron chi connectivity index (χ4n) is 5.75. The number of aliphatic carboxylic acids is 2. The first-order valence-electron chi connectivity index (χ1n) is 16.5. The third kappa shape index (κ3) is 19.4. The van der Waals surface area contributed by atoms with E-state index in [1.807, 2.05) is 0 Å². The predicted molar refractivity (Wildman–Crippen MR) is 160 cm³/mol. The molecule has 40 heavy (non-hydrogen) atoms. The largest absolute Gasteiger partial charge is 0.481 e. The van der Waals surface area contributed by atoms with Gasteiger partial charge in [0.15, 0.2) is 0 Å². The summed E-state index contributed by atoms with van der Waals surface area (Å²) in [7, 11) is 0. The molecule has 0 aliphatic heterocycles. The Morgan fingerprint density at radius 2 is 1.15 bits per heavy atom. The van der Waals surface area contributed by atoms with Crippen molar-refractivity contribution in [3.63, 3.8) is 0 Å². The Hall–Kier alpha value is -1.67. The smallest absolute Gasteiger partial charge is 0.326 e. The number of aliphatic hydroxyl groups excluding tert-OH is 1. The molecule has 1 fully saturated rings. The lowest BCUT2D eigenvalue weighted by molar-refractivity contribution is -0.142. The third-order valence-electron chi connectivity index (χ3n) is 8.50. The molecule has 0 heterocycles. The molecule has 2 unspecified atom stereocenters. The van der Waals surface area contributed by atoms with E-state index in [1.165, 1.54) is 83.5 Å². The highest BCUT2D eigenvalue weighted by Crippen LogP contribution is 2.29. The van der Waals surface area contributed by atoms with Gasteiger partial charge in [-0.25, -0.2) is 4.79 Å². The maximum absolute atomic E-state index is 12.4. The highest BCUT2D eigenvalue weighted by atomic mass is 16.4. The van der Waals surface area contributed by atoms with Crippen molar-refractivity contribution in [2.75, 3.05) is 6.54 Å². The van der Waals surface area contributed by atoms with Gasteiger partial charge in [0.1, 0.15) is 12.3 Å². The van der Waals surface area contributed by atoms with Crippen LogP contribution in [0.5, 0.6) is 0 Å². The SMILES string of the molecule is CCC(NC(=O)[C@H]1CC[C@H](CNC(O)CCCCCCCCCCCCCCCCCCC(=O)O)CC1)C(=O)O. The summed E-state index contributed by atoms with van der Waals surface area (Å²) in [6, 6.07) is -0.797. The van der Waals surface area contributed by atoms with E-state index in [9.17, 15) is 19.5 Å². The molecule has 0 bridgehead atoms. The molecule has 1 rings (SSSR count). The fourth-order valence-corrected chi connectivity index (χ4v) is 5.75. The third-order valence-corrected chi connectivity index (χ3v) is 8.50. The van der Waals surface area contributed by atoms with Crippen LogP contribution in [0, 0.1) is 11.8 Å². The summed E-state index contributed by atoms with van der Waals surface area (Å²) in [6.07, 6.45) is 24.1. The zero-order valence-corrected chi connectivity index (χ0v) is 25.3. The normalized spacial score (nSPS) is 18.8. The van der Waals surface area contributed by atoms with Crippen LogP contribution in [0.2, 0.25) is 0 Å². The number of aliphatic hydroxyl groups is 1. The van der Waals surface area contributed by atoms with Crippen LogP contribution >= 0.6 is 0 Å². The average Bonchev–Trinajstić information content (AvgIpc) is 2.93. The first-order valence-corrected chi connectivity index (χ1v) is 16.5. The summed E-state index contributed by atoms with van der Waals surface area (Å²) in [4.78, 5) is 34.0. The van der Waals surface area contributed by atoms with E-state index in [0.29, 0.717) is 18.8 Å². The summed E-state index contributed by atoms with van der Waals surface area (Å²) in [5.41, 5.74) is 0. The van der Waals surface area contributed by atoms with Gasteiger partial charge < -0.3 is 20.6 Å². The number of carbonyl (C=O) groups is 3. The van der Waals surface area contributed by atoms with Crippen LogP contribution in [0.15, 0.2) is 0 Å². The molecular weight excluding hydrogens is 508 g/mol. The van der Waals surface area contributed by atoms with Crippen LogP contribution in [-0.4, -0.2) is 52.0 Å². The molecular formula is C32H60N2O6. The lowest BCUT2D eigenvalue weighted by atomic mass is 9.81. The van der Waals surface area contributed by atoms with Crippen LogP contribution in [0.25, 0.3) is 0 Å². The minimum atomic E-state index is -0.975. The Balaban J connectivity index is 1.86. The van der Waals surface area contributed by atoms with Crippen LogP contribution in [-0.2, 0) is 14.4 Å². The van der Waals surface area contributed by atoms with Crippen LogP contribution in [0.3, 0.4) is 0 Å². The molecule has 1 aliphatic carbocycles. The van der Waals surface area contributed by atoms with Crippen molar-refractivity contribution in [1.29, 1.82) is 0 Å². The Kier molecular flexibility index (Phi) is 21.8. The van der Waals surface area contributed by atoms with E-state index in [0.717, 1.165) is 57.9 Å². The van der Waals surface area contributed by atoms with Crippen LogP contribution in [0.4, 0.5) is 0 Å². The number of carbonyl (C=O) groups excluding carboxylic acids is 1. The van der Waals surface area contributed by atoms with Gasteiger partial charge in [0, 0.05) is 18.9 Å². The monoisotopic (exact) mass is 568 g/mol. The molecule has 0 spiro atoms. The van der Waals surface area contributed by atoms with Gasteiger partial charge >= 0.3 is 11.9 Å². The molecule has 5 N–H and O–H groups in total. The lowest BCUT2D eigenvalue weighted by Crippen LogP contribution is -2.44. The number of hydrogen-bond donors (Lipinski definition) is 5. The molecule has 8 nitrogen and oxygen atoms in total. The van der Waals surface area contributed by atoms with E-state index < -0.39 is 24.2 Å². The quantitative estimate of drug-likeness (QED) is 0.0572. The second-order valence-electron chi connectivity index (χ2n) is 12.0. The summed E-state index contributed by atoms with van der Waals surface area (Å²) in [6.45, 7) is 2.54. The Morgan fingerprint density at radius 1 is 0.700 bits per heavy atom. The Bertz CT molecular complexity index is 666. The zero-order valence-electron chi connectivity index (χ0n) is 25.3. The van der Waals surface area contributed by atoms with Crippen LogP contribution < -0.4 is 10.6 Å². The highest BCUT2D eigenvalue weighted by Gasteiger charge is 2.28. The maximum Gasteiger partial charge on any atom is 0.326 e. The summed E-state index contributed by atoms with van der Waals surface area (Å²) in [5.74, 6) is -1.42. The van der Waals surface area contributed by atoms with E-state index in [2.05, 4.69) is 10.6 Å². The molecule has 0 saturated heterocycles. The lowest BCUT2D eigenvalue weighted by Gasteiger charge is -2.29.